The van der Waals surface area contributed by atoms with Crippen molar-refractivity contribution >= 4 is 15.5 Å². The minimum atomic E-state index is -3.18. The molecule has 2 unspecified atom stereocenters. The van der Waals surface area contributed by atoms with Crippen molar-refractivity contribution in [3.05, 3.63) is 29.6 Å². The number of rotatable bonds is 1. The molecule has 0 amide bonds. The van der Waals surface area contributed by atoms with Gasteiger partial charge < -0.3 is 10.0 Å². The molecule has 0 radical (unpaired) electrons. The van der Waals surface area contributed by atoms with Gasteiger partial charge in [-0.3, -0.25) is 0 Å². The second kappa shape index (κ2) is 3.93. The highest BCUT2D eigenvalue weighted by Crippen LogP contribution is 2.33. The van der Waals surface area contributed by atoms with E-state index in [4.69, 9.17) is 0 Å². The topological polar surface area (TPSA) is 57.6 Å². The van der Waals surface area contributed by atoms with E-state index in [0.29, 0.717) is 6.54 Å². The van der Waals surface area contributed by atoms with Gasteiger partial charge in [0.1, 0.15) is 5.82 Å². The molecule has 2 aliphatic heterocycles. The normalized spacial score (nSPS) is 29.6. The minimum Gasteiger partial charge on any atom is -0.390 e. The van der Waals surface area contributed by atoms with Crippen LogP contribution in [0.2, 0.25) is 0 Å². The minimum absolute atomic E-state index is 0.0515. The lowest BCUT2D eigenvalue weighted by molar-refractivity contribution is 0.179. The Labute approximate surface area is 105 Å². The second-order valence-electron chi connectivity index (χ2n) is 4.93. The highest BCUT2D eigenvalue weighted by atomic mass is 32.2. The van der Waals surface area contributed by atoms with Gasteiger partial charge in [0.2, 0.25) is 0 Å². The van der Waals surface area contributed by atoms with Crippen LogP contribution in [0.5, 0.6) is 0 Å². The maximum absolute atomic E-state index is 13.3. The predicted octanol–water partition coefficient (Wildman–Crippen LogP) is 0.346. The van der Waals surface area contributed by atoms with Crippen LogP contribution in [0.1, 0.15) is 5.56 Å². The Hall–Kier alpha value is -1.14. The summed E-state index contributed by atoms with van der Waals surface area (Å²) in [5.41, 5.74) is 1.73. The molecule has 98 valence electrons. The number of anilines is 1. The Balaban J connectivity index is 1.95. The highest BCUT2D eigenvalue weighted by Gasteiger charge is 2.41. The third-order valence-electron chi connectivity index (χ3n) is 3.67. The summed E-state index contributed by atoms with van der Waals surface area (Å²) < 4.78 is 36.3. The fourth-order valence-electron chi connectivity index (χ4n) is 2.83. The third-order valence-corrected chi connectivity index (χ3v) is 5.37. The first-order valence-electron chi connectivity index (χ1n) is 5.90. The van der Waals surface area contributed by atoms with Gasteiger partial charge in [-0.2, -0.15) is 0 Å². The maximum Gasteiger partial charge on any atom is 0.155 e. The summed E-state index contributed by atoms with van der Waals surface area (Å²) in [5.74, 6) is -0.584. The largest absolute Gasteiger partial charge is 0.390 e. The predicted molar refractivity (Wildman–Crippen MR) is 65.9 cm³/mol. The van der Waals surface area contributed by atoms with Crippen molar-refractivity contribution in [3.63, 3.8) is 0 Å². The highest BCUT2D eigenvalue weighted by molar-refractivity contribution is 7.91. The number of fused-ring (bicyclic) bond motifs is 1. The molecule has 0 spiro atoms. The third kappa shape index (κ3) is 1.89. The number of nitrogens with zero attached hydrogens (tertiary/aromatic N) is 1. The van der Waals surface area contributed by atoms with Crippen molar-refractivity contribution in [1.82, 2.24) is 0 Å². The first kappa shape index (κ1) is 11.9. The number of hydrogen-bond donors (Lipinski definition) is 1. The summed E-state index contributed by atoms with van der Waals surface area (Å²) >= 11 is 0. The zero-order valence-corrected chi connectivity index (χ0v) is 10.5. The van der Waals surface area contributed by atoms with E-state index >= 15 is 0 Å². The van der Waals surface area contributed by atoms with E-state index in [1.54, 1.807) is 6.07 Å². The Morgan fingerprint density at radius 3 is 2.78 bits per heavy atom. The molecule has 3 rings (SSSR count). The fraction of sp³-hybridized carbons (Fsp3) is 0.500. The van der Waals surface area contributed by atoms with E-state index in [2.05, 4.69) is 0 Å². The average molecular weight is 271 g/mol. The van der Waals surface area contributed by atoms with E-state index in [0.717, 1.165) is 17.7 Å². The molecular weight excluding hydrogens is 257 g/mol. The zero-order valence-electron chi connectivity index (χ0n) is 9.71. The van der Waals surface area contributed by atoms with Gasteiger partial charge in [0.05, 0.1) is 23.7 Å². The lowest BCUT2D eigenvalue weighted by Crippen LogP contribution is -2.42. The maximum atomic E-state index is 13.3. The molecule has 2 atom stereocenters. The number of halogens is 1. The van der Waals surface area contributed by atoms with Crippen molar-refractivity contribution in [2.45, 2.75) is 18.6 Å². The summed E-state index contributed by atoms with van der Waals surface area (Å²) in [6.07, 6.45) is -0.122. The zero-order chi connectivity index (χ0) is 12.9. The van der Waals surface area contributed by atoms with Gasteiger partial charge in [0.15, 0.2) is 9.84 Å². The molecule has 1 N–H and O–H groups in total. The molecule has 1 aromatic rings. The van der Waals surface area contributed by atoms with Crippen molar-refractivity contribution < 1.29 is 17.9 Å². The molecule has 1 fully saturated rings. The van der Waals surface area contributed by atoms with Gasteiger partial charge in [-0.25, -0.2) is 12.8 Å². The smallest absolute Gasteiger partial charge is 0.155 e. The van der Waals surface area contributed by atoms with Gasteiger partial charge in [0, 0.05) is 12.2 Å². The molecule has 0 aromatic heterocycles. The van der Waals surface area contributed by atoms with E-state index in [1.165, 1.54) is 12.1 Å². The summed E-state index contributed by atoms with van der Waals surface area (Å²) in [6.45, 7) is 0.635. The van der Waals surface area contributed by atoms with Crippen LogP contribution >= 0.6 is 0 Å². The van der Waals surface area contributed by atoms with Crippen LogP contribution in [-0.2, 0) is 16.3 Å². The first-order valence-corrected chi connectivity index (χ1v) is 7.72. The monoisotopic (exact) mass is 271 g/mol. The van der Waals surface area contributed by atoms with Crippen molar-refractivity contribution in [2.75, 3.05) is 23.0 Å². The summed E-state index contributed by atoms with van der Waals surface area (Å²) in [7, 11) is -3.18. The molecule has 18 heavy (non-hydrogen) atoms. The summed E-state index contributed by atoms with van der Waals surface area (Å²) in [5, 5.41) is 9.87. The average Bonchev–Trinajstić information content (AvgIpc) is 2.78. The Morgan fingerprint density at radius 2 is 2.11 bits per heavy atom. The van der Waals surface area contributed by atoms with E-state index in [9.17, 15) is 17.9 Å². The van der Waals surface area contributed by atoms with Gasteiger partial charge in [0.25, 0.3) is 0 Å². The van der Waals surface area contributed by atoms with E-state index < -0.39 is 22.0 Å². The number of aliphatic hydroxyl groups excluding tert-OH is 1. The molecule has 6 heteroatoms. The Kier molecular flexibility index (Phi) is 2.60. The van der Waals surface area contributed by atoms with Gasteiger partial charge in [-0.15, -0.1) is 0 Å². The number of aliphatic hydroxyl groups is 1. The number of hydrogen-bond acceptors (Lipinski definition) is 4. The molecule has 1 aromatic carbocycles. The van der Waals surface area contributed by atoms with Gasteiger partial charge >= 0.3 is 0 Å². The van der Waals surface area contributed by atoms with Crippen LogP contribution in [-0.4, -0.2) is 43.7 Å². The van der Waals surface area contributed by atoms with Crippen LogP contribution in [0, 0.1) is 5.82 Å². The van der Waals surface area contributed by atoms with Crippen LogP contribution in [0.4, 0.5) is 10.1 Å². The molecule has 0 saturated carbocycles. The van der Waals surface area contributed by atoms with Gasteiger partial charge in [-0.05, 0) is 24.1 Å². The standard InChI is InChI=1S/C12H14FNO3S/c13-9-2-1-8-3-4-14(10(8)5-9)11-6-18(16,17)7-12(11)15/h1-2,5,11-12,15H,3-4,6-7H2. The van der Waals surface area contributed by atoms with Crippen LogP contribution < -0.4 is 4.90 Å². The van der Waals surface area contributed by atoms with Crippen molar-refractivity contribution in [2.24, 2.45) is 0 Å². The van der Waals surface area contributed by atoms with Crippen LogP contribution in [0.15, 0.2) is 18.2 Å². The lowest BCUT2D eigenvalue weighted by atomic mass is 10.1. The molecular formula is C12H14FNO3S. The second-order valence-corrected chi connectivity index (χ2v) is 7.08. The van der Waals surface area contributed by atoms with Crippen molar-refractivity contribution in [3.8, 4) is 0 Å². The summed E-state index contributed by atoms with van der Waals surface area (Å²) in [6, 6.07) is 4.10. The van der Waals surface area contributed by atoms with Gasteiger partial charge in [-0.1, -0.05) is 6.07 Å². The number of sulfone groups is 1. The Bertz CT molecular complexity index is 587. The Morgan fingerprint density at radius 1 is 1.33 bits per heavy atom. The quantitative estimate of drug-likeness (QED) is 0.800. The molecule has 4 nitrogen and oxygen atoms in total. The fourth-order valence-corrected chi connectivity index (χ4v) is 4.63. The van der Waals surface area contributed by atoms with Crippen molar-refractivity contribution in [1.29, 1.82) is 0 Å². The first-order chi connectivity index (χ1) is 8.46. The van der Waals surface area contributed by atoms with Crippen LogP contribution in [0.25, 0.3) is 0 Å². The molecule has 1 saturated heterocycles. The molecule has 0 aliphatic carbocycles. The molecule has 2 heterocycles. The molecule has 0 bridgehead atoms. The summed E-state index contributed by atoms with van der Waals surface area (Å²) in [4.78, 5) is 1.83. The van der Waals surface area contributed by atoms with Crippen LogP contribution in [0.3, 0.4) is 0 Å². The lowest BCUT2D eigenvalue weighted by Gasteiger charge is -2.28. The van der Waals surface area contributed by atoms with E-state index in [-0.39, 0.29) is 17.3 Å². The molecule has 2 aliphatic rings. The van der Waals surface area contributed by atoms with E-state index in [1.807, 2.05) is 4.90 Å². The SMILES string of the molecule is O=S1(=O)CC(O)C(N2CCc3ccc(F)cc32)C1. The number of benzene rings is 1.